The van der Waals surface area contributed by atoms with Crippen molar-refractivity contribution >= 4 is 63.8 Å². The zero-order valence-corrected chi connectivity index (χ0v) is 17.6. The first-order chi connectivity index (χ1) is 13.6. The van der Waals surface area contributed by atoms with Gasteiger partial charge in [-0.25, -0.2) is 0 Å². The van der Waals surface area contributed by atoms with Gasteiger partial charge in [-0.15, -0.1) is 23.2 Å². The maximum absolute atomic E-state index is 13.4. The minimum Gasteiger partial charge on any atom is -0.382 e. The quantitative estimate of drug-likeness (QED) is 0.540. The molecule has 8 heteroatoms. The molecule has 4 nitrogen and oxygen atoms in total. The van der Waals surface area contributed by atoms with Gasteiger partial charge in [0.05, 0.1) is 5.92 Å². The average Bonchev–Trinajstić information content (AvgIpc) is 2.76. The molecule has 0 heterocycles. The van der Waals surface area contributed by atoms with Crippen LogP contribution >= 0.6 is 46.4 Å². The summed E-state index contributed by atoms with van der Waals surface area (Å²) in [4.78, 5) is 34.8. The number of halogens is 4. The molecule has 0 saturated heterocycles. The van der Waals surface area contributed by atoms with Gasteiger partial charge >= 0.3 is 0 Å². The summed E-state index contributed by atoms with van der Waals surface area (Å²) in [5.74, 6) is -4.21. The van der Waals surface area contributed by atoms with Gasteiger partial charge in [0, 0.05) is 5.56 Å². The molecule has 0 aliphatic heterocycles. The first kappa shape index (κ1) is 20.6. The van der Waals surface area contributed by atoms with Crippen molar-refractivity contribution in [1.29, 1.82) is 0 Å². The second-order valence-electron chi connectivity index (χ2n) is 6.95. The Balaban J connectivity index is 2.02. The van der Waals surface area contributed by atoms with Crippen LogP contribution in [0.1, 0.15) is 15.9 Å². The first-order valence-corrected chi connectivity index (χ1v) is 10.0. The molecule has 4 rings (SSSR count). The SMILES string of the molecule is O=C(c1ccccc1)C1C2(Cl)C(=O)C(Cl)=C(Cl)C(=O)C2(Cl)C1(O)c1ccccc1. The topological polar surface area (TPSA) is 71.4 Å². The van der Waals surface area contributed by atoms with E-state index < -0.39 is 48.7 Å². The monoisotopic (exact) mass is 468 g/mol. The molecular formula is C21H12Cl4O4. The van der Waals surface area contributed by atoms with Crippen molar-refractivity contribution in [2.45, 2.75) is 15.3 Å². The van der Waals surface area contributed by atoms with Crippen LogP contribution in [-0.4, -0.2) is 32.2 Å². The van der Waals surface area contributed by atoms with Crippen molar-refractivity contribution in [1.82, 2.24) is 0 Å². The van der Waals surface area contributed by atoms with E-state index in [4.69, 9.17) is 46.4 Å². The van der Waals surface area contributed by atoms with Crippen LogP contribution in [0.4, 0.5) is 0 Å². The summed E-state index contributed by atoms with van der Waals surface area (Å²) in [6.45, 7) is 0. The van der Waals surface area contributed by atoms with Crippen LogP contribution in [0.25, 0.3) is 0 Å². The van der Waals surface area contributed by atoms with E-state index in [1.54, 1.807) is 36.4 Å². The summed E-state index contributed by atoms with van der Waals surface area (Å²) in [5.41, 5.74) is -1.94. The highest BCUT2D eigenvalue weighted by Gasteiger charge is 2.89. The normalized spacial score (nSPS) is 33.9. The molecule has 0 bridgehead atoms. The zero-order chi connectivity index (χ0) is 21.2. The van der Waals surface area contributed by atoms with Crippen molar-refractivity contribution < 1.29 is 19.5 Å². The van der Waals surface area contributed by atoms with Gasteiger partial charge in [-0.3, -0.25) is 14.4 Å². The van der Waals surface area contributed by atoms with Gasteiger partial charge in [-0.05, 0) is 5.56 Å². The van der Waals surface area contributed by atoms with Gasteiger partial charge in [0.2, 0.25) is 5.78 Å². The Morgan fingerprint density at radius 1 is 0.828 bits per heavy atom. The number of benzene rings is 2. The minimum atomic E-state index is -2.41. The Kier molecular flexibility index (Phi) is 4.72. The van der Waals surface area contributed by atoms with Crippen LogP contribution in [0.2, 0.25) is 0 Å². The predicted octanol–water partition coefficient (Wildman–Crippen LogP) is 4.18. The van der Waals surface area contributed by atoms with Crippen molar-refractivity contribution in [3.05, 3.63) is 81.9 Å². The molecule has 1 fully saturated rings. The number of hydrogen-bond donors (Lipinski definition) is 1. The van der Waals surface area contributed by atoms with Crippen LogP contribution in [0.5, 0.6) is 0 Å². The Labute approximate surface area is 186 Å². The van der Waals surface area contributed by atoms with E-state index in [0.717, 1.165) is 0 Å². The van der Waals surface area contributed by atoms with Crippen molar-refractivity contribution in [2.24, 2.45) is 5.92 Å². The molecule has 2 aromatic rings. The summed E-state index contributed by atoms with van der Waals surface area (Å²) in [6, 6.07) is 15.9. The van der Waals surface area contributed by atoms with E-state index in [1.807, 2.05) is 0 Å². The maximum Gasteiger partial charge on any atom is 0.202 e. The smallest absolute Gasteiger partial charge is 0.202 e. The summed E-state index contributed by atoms with van der Waals surface area (Å²) in [6.07, 6.45) is 0. The number of carbonyl (C=O) groups excluding carboxylic acids is 3. The van der Waals surface area contributed by atoms with Gasteiger partial charge in [0.1, 0.15) is 15.7 Å². The van der Waals surface area contributed by atoms with E-state index in [2.05, 4.69) is 0 Å². The zero-order valence-electron chi connectivity index (χ0n) is 14.5. The van der Waals surface area contributed by atoms with Crippen LogP contribution in [0.3, 0.4) is 0 Å². The number of alkyl halides is 2. The Bertz CT molecular complexity index is 1080. The summed E-state index contributed by atoms with van der Waals surface area (Å²) in [7, 11) is 0. The van der Waals surface area contributed by atoms with Crippen LogP contribution in [-0.2, 0) is 15.2 Å². The Morgan fingerprint density at radius 2 is 1.31 bits per heavy atom. The molecule has 1 N–H and O–H groups in total. The molecule has 148 valence electrons. The molecule has 0 aromatic heterocycles. The number of aliphatic hydroxyl groups is 1. The van der Waals surface area contributed by atoms with Crippen molar-refractivity contribution in [2.75, 3.05) is 0 Å². The van der Waals surface area contributed by atoms with E-state index >= 15 is 0 Å². The maximum atomic E-state index is 13.4. The molecule has 1 saturated carbocycles. The lowest BCUT2D eigenvalue weighted by molar-refractivity contribution is -0.174. The van der Waals surface area contributed by atoms with E-state index in [0.29, 0.717) is 0 Å². The van der Waals surface area contributed by atoms with Crippen molar-refractivity contribution in [3.63, 3.8) is 0 Å². The third kappa shape index (κ3) is 2.30. The van der Waals surface area contributed by atoms with Gasteiger partial charge in [0.15, 0.2) is 21.3 Å². The lowest BCUT2D eigenvalue weighted by Gasteiger charge is -2.66. The highest BCUT2D eigenvalue weighted by atomic mass is 35.5. The standard InChI is InChI=1S/C21H12Cl4O4/c22-13-14(23)18(28)21(25)19(24,17(13)27)16(15(26)11-7-3-1-4-8-11)20(21,29)12-9-5-2-6-10-12/h1-10,16,29H. The number of Topliss-reactive ketones (excluding diaryl/α,β-unsaturated/α-hetero) is 3. The van der Waals surface area contributed by atoms with Crippen LogP contribution < -0.4 is 0 Å². The molecule has 2 aliphatic carbocycles. The third-order valence-corrected chi connectivity index (χ3v) is 7.96. The van der Waals surface area contributed by atoms with Crippen molar-refractivity contribution in [3.8, 4) is 0 Å². The Hall–Kier alpha value is -1.69. The molecule has 0 spiro atoms. The highest BCUT2D eigenvalue weighted by molar-refractivity contribution is 6.68. The van der Waals surface area contributed by atoms with E-state index in [9.17, 15) is 19.5 Å². The second kappa shape index (κ2) is 6.66. The number of fused-ring (bicyclic) bond motifs is 1. The van der Waals surface area contributed by atoms with Gasteiger partial charge < -0.3 is 5.11 Å². The van der Waals surface area contributed by atoms with Gasteiger partial charge in [-0.2, -0.15) is 0 Å². The summed E-state index contributed by atoms with van der Waals surface area (Å²) >= 11 is 25.2. The third-order valence-electron chi connectivity index (χ3n) is 5.61. The molecule has 4 unspecified atom stereocenters. The van der Waals surface area contributed by atoms with E-state index in [1.165, 1.54) is 24.3 Å². The fourth-order valence-corrected chi connectivity index (χ4v) is 5.87. The summed E-state index contributed by atoms with van der Waals surface area (Å²) in [5, 5.41) is 10.5. The Morgan fingerprint density at radius 3 is 1.86 bits per heavy atom. The number of allylic oxidation sites excluding steroid dienone is 2. The predicted molar refractivity (Wildman–Crippen MR) is 111 cm³/mol. The summed E-state index contributed by atoms with van der Waals surface area (Å²) < 4.78 is 0. The molecule has 29 heavy (non-hydrogen) atoms. The highest BCUT2D eigenvalue weighted by Crippen LogP contribution is 2.71. The lowest BCUT2D eigenvalue weighted by Crippen LogP contribution is -2.87. The molecule has 4 atom stereocenters. The number of rotatable bonds is 3. The molecule has 0 radical (unpaired) electrons. The molecule has 2 aliphatic rings. The lowest BCUT2D eigenvalue weighted by atomic mass is 9.44. The van der Waals surface area contributed by atoms with Gasteiger partial charge in [-0.1, -0.05) is 83.9 Å². The van der Waals surface area contributed by atoms with Crippen LogP contribution in [0.15, 0.2) is 70.7 Å². The average molecular weight is 470 g/mol. The number of hydrogen-bond acceptors (Lipinski definition) is 4. The fourth-order valence-electron chi connectivity index (χ4n) is 4.22. The molecule has 2 aromatic carbocycles. The molecular weight excluding hydrogens is 458 g/mol. The number of carbonyl (C=O) groups is 3. The minimum absolute atomic E-state index is 0.157. The fraction of sp³-hybridized carbons (Fsp3) is 0.190. The largest absolute Gasteiger partial charge is 0.382 e. The van der Waals surface area contributed by atoms with E-state index in [-0.39, 0.29) is 11.1 Å². The molecule has 0 amide bonds. The van der Waals surface area contributed by atoms with Crippen LogP contribution in [0, 0.1) is 5.92 Å². The number of ketones is 3. The first-order valence-electron chi connectivity index (χ1n) is 8.53. The second-order valence-corrected chi connectivity index (χ2v) is 8.87. The van der Waals surface area contributed by atoms with Gasteiger partial charge in [0.25, 0.3) is 0 Å².